The molecule has 27 heavy (non-hydrogen) atoms. The van der Waals surface area contributed by atoms with Crippen LogP contribution < -0.4 is 10.1 Å². The number of hydrogen-bond acceptors (Lipinski definition) is 4. The molecular formula is C20H21N3O4. The highest BCUT2D eigenvalue weighted by atomic mass is 16.5. The molecule has 0 atom stereocenters. The Morgan fingerprint density at radius 3 is 2.81 bits per heavy atom. The molecule has 0 spiro atoms. The topological polar surface area (TPSA) is 92.9 Å². The maximum Gasteiger partial charge on any atom is 0.303 e. The van der Waals surface area contributed by atoms with Gasteiger partial charge in [-0.2, -0.15) is 0 Å². The van der Waals surface area contributed by atoms with Crippen LogP contribution in [0.15, 0.2) is 48.8 Å². The number of carbonyl (C=O) groups is 2. The van der Waals surface area contributed by atoms with Crippen LogP contribution in [0.2, 0.25) is 0 Å². The predicted octanol–water partition coefficient (Wildman–Crippen LogP) is 2.82. The second-order valence-corrected chi connectivity index (χ2v) is 6.24. The molecule has 140 valence electrons. The van der Waals surface area contributed by atoms with Gasteiger partial charge < -0.3 is 19.6 Å². The van der Waals surface area contributed by atoms with Crippen molar-refractivity contribution in [1.29, 1.82) is 0 Å². The highest BCUT2D eigenvalue weighted by Crippen LogP contribution is 2.19. The molecule has 0 unspecified atom stereocenters. The Hall–Kier alpha value is -3.35. The number of imidazole rings is 1. The summed E-state index contributed by atoms with van der Waals surface area (Å²) in [6.45, 7) is 2.55. The van der Waals surface area contributed by atoms with E-state index in [9.17, 15) is 9.59 Å². The number of amides is 1. The highest BCUT2D eigenvalue weighted by Gasteiger charge is 2.12. The lowest BCUT2D eigenvalue weighted by molar-refractivity contribution is -0.137. The van der Waals surface area contributed by atoms with Crippen LogP contribution in [-0.2, 0) is 11.4 Å². The fourth-order valence-corrected chi connectivity index (χ4v) is 2.69. The molecule has 7 nitrogen and oxygen atoms in total. The molecule has 0 saturated heterocycles. The molecule has 7 heteroatoms. The predicted molar refractivity (Wildman–Crippen MR) is 99.9 cm³/mol. The largest absolute Gasteiger partial charge is 0.486 e. The Morgan fingerprint density at radius 1 is 1.19 bits per heavy atom. The summed E-state index contributed by atoms with van der Waals surface area (Å²) in [7, 11) is 0. The van der Waals surface area contributed by atoms with Gasteiger partial charge in [-0.15, -0.1) is 0 Å². The van der Waals surface area contributed by atoms with Gasteiger partial charge in [0, 0.05) is 25.4 Å². The average molecular weight is 367 g/mol. The summed E-state index contributed by atoms with van der Waals surface area (Å²) in [5, 5.41) is 11.4. The molecule has 3 aromatic rings. The van der Waals surface area contributed by atoms with Crippen molar-refractivity contribution >= 4 is 17.5 Å². The Morgan fingerprint density at radius 2 is 2.00 bits per heavy atom. The molecule has 1 amide bonds. The van der Waals surface area contributed by atoms with Gasteiger partial charge in [0.2, 0.25) is 0 Å². The molecule has 2 aromatic heterocycles. The minimum absolute atomic E-state index is 0.0196. The number of aliphatic carboxylic acids is 1. The Kier molecular flexibility index (Phi) is 5.71. The summed E-state index contributed by atoms with van der Waals surface area (Å²) in [4.78, 5) is 27.4. The van der Waals surface area contributed by atoms with Crippen molar-refractivity contribution in [3.63, 3.8) is 0 Å². The van der Waals surface area contributed by atoms with E-state index in [1.165, 1.54) is 0 Å². The number of nitrogens with one attached hydrogen (secondary N) is 1. The molecule has 2 N–H and O–H groups in total. The zero-order valence-electron chi connectivity index (χ0n) is 15.0. The molecule has 0 aliphatic heterocycles. The van der Waals surface area contributed by atoms with E-state index < -0.39 is 5.97 Å². The lowest BCUT2D eigenvalue weighted by Gasteiger charge is -2.10. The number of nitrogens with zero attached hydrogens (tertiary/aromatic N) is 2. The smallest absolute Gasteiger partial charge is 0.303 e. The van der Waals surface area contributed by atoms with E-state index in [-0.39, 0.29) is 18.9 Å². The minimum atomic E-state index is -0.879. The first-order valence-corrected chi connectivity index (χ1v) is 8.69. The molecule has 0 fully saturated rings. The fourth-order valence-electron chi connectivity index (χ4n) is 2.69. The number of aromatic nitrogens is 2. The van der Waals surface area contributed by atoms with Gasteiger partial charge in [-0.25, -0.2) is 4.98 Å². The summed E-state index contributed by atoms with van der Waals surface area (Å²) in [6.07, 6.45) is 4.29. The molecule has 0 saturated carbocycles. The normalized spacial score (nSPS) is 10.7. The minimum Gasteiger partial charge on any atom is -0.486 e. The number of ether oxygens (including phenoxy) is 1. The molecule has 2 heterocycles. The summed E-state index contributed by atoms with van der Waals surface area (Å²) in [6, 6.07) is 10.9. The standard InChI is InChI=1S/C20H21N3O4/c1-14-8-9-18-22-15(12-23(18)11-14)13-27-17-6-3-2-5-16(17)20(26)21-10-4-7-19(24)25/h2-3,5-6,8-9,11-12H,4,7,10,13H2,1H3,(H,21,26)(H,24,25). The van der Waals surface area contributed by atoms with E-state index in [4.69, 9.17) is 9.84 Å². The number of benzene rings is 1. The zero-order valence-corrected chi connectivity index (χ0v) is 15.0. The van der Waals surface area contributed by atoms with Crippen molar-refractivity contribution in [3.8, 4) is 5.75 Å². The second-order valence-electron chi connectivity index (χ2n) is 6.24. The number of hydrogen-bond donors (Lipinski definition) is 2. The maximum absolute atomic E-state index is 12.3. The van der Waals surface area contributed by atoms with Gasteiger partial charge in [0.15, 0.2) is 0 Å². The second kappa shape index (κ2) is 8.35. The number of carboxylic acid groups (broad SMARTS) is 1. The molecule has 3 rings (SSSR count). The van der Waals surface area contributed by atoms with Crippen LogP contribution in [0.3, 0.4) is 0 Å². The lowest BCUT2D eigenvalue weighted by Crippen LogP contribution is -2.25. The number of pyridine rings is 1. The van der Waals surface area contributed by atoms with Crippen LogP contribution in [0, 0.1) is 6.92 Å². The van der Waals surface area contributed by atoms with E-state index in [1.54, 1.807) is 24.3 Å². The van der Waals surface area contributed by atoms with Gasteiger partial charge in [-0.1, -0.05) is 18.2 Å². The van der Waals surface area contributed by atoms with Crippen LogP contribution >= 0.6 is 0 Å². The van der Waals surface area contributed by atoms with Gasteiger partial charge in [-0.3, -0.25) is 9.59 Å². The summed E-state index contributed by atoms with van der Waals surface area (Å²) in [5.74, 6) is -0.710. The number of fused-ring (bicyclic) bond motifs is 1. The Balaban J connectivity index is 1.64. The van der Waals surface area contributed by atoms with E-state index in [0.29, 0.717) is 24.3 Å². The Labute approximate surface area is 156 Å². The quantitative estimate of drug-likeness (QED) is 0.597. The van der Waals surface area contributed by atoms with E-state index in [1.807, 2.05) is 35.9 Å². The number of aryl methyl sites for hydroxylation is 1. The van der Waals surface area contributed by atoms with E-state index >= 15 is 0 Å². The molecular weight excluding hydrogens is 346 g/mol. The van der Waals surface area contributed by atoms with Gasteiger partial charge in [0.25, 0.3) is 5.91 Å². The van der Waals surface area contributed by atoms with Crippen LogP contribution in [0.4, 0.5) is 0 Å². The van der Waals surface area contributed by atoms with E-state index in [0.717, 1.165) is 16.9 Å². The fraction of sp³-hybridized carbons (Fsp3) is 0.250. The van der Waals surface area contributed by atoms with Gasteiger partial charge in [0.05, 0.1) is 11.3 Å². The van der Waals surface area contributed by atoms with Crippen LogP contribution in [0.25, 0.3) is 5.65 Å². The van der Waals surface area contributed by atoms with Gasteiger partial charge in [0.1, 0.15) is 18.0 Å². The molecule has 1 aromatic carbocycles. The summed E-state index contributed by atoms with van der Waals surface area (Å²) in [5.41, 5.74) is 3.14. The lowest BCUT2D eigenvalue weighted by atomic mass is 10.2. The van der Waals surface area contributed by atoms with Gasteiger partial charge >= 0.3 is 5.97 Å². The summed E-state index contributed by atoms with van der Waals surface area (Å²) >= 11 is 0. The average Bonchev–Trinajstić information content (AvgIpc) is 3.05. The molecule has 0 aliphatic rings. The first-order valence-electron chi connectivity index (χ1n) is 8.69. The highest BCUT2D eigenvalue weighted by molar-refractivity contribution is 5.96. The third-order valence-corrected chi connectivity index (χ3v) is 4.01. The zero-order chi connectivity index (χ0) is 19.2. The van der Waals surface area contributed by atoms with E-state index in [2.05, 4.69) is 10.3 Å². The third-order valence-electron chi connectivity index (χ3n) is 4.01. The van der Waals surface area contributed by atoms with Crippen LogP contribution in [0.1, 0.15) is 34.5 Å². The number of carboxylic acids is 1. The number of para-hydroxylation sites is 1. The van der Waals surface area contributed by atoms with Crippen molar-refractivity contribution in [2.75, 3.05) is 6.54 Å². The first kappa shape index (κ1) is 18.4. The third kappa shape index (κ3) is 4.84. The van der Waals surface area contributed by atoms with Crippen molar-refractivity contribution in [3.05, 3.63) is 65.6 Å². The Bertz CT molecular complexity index is 965. The maximum atomic E-state index is 12.3. The molecule has 0 bridgehead atoms. The van der Waals surface area contributed by atoms with Crippen molar-refractivity contribution in [2.45, 2.75) is 26.4 Å². The monoisotopic (exact) mass is 367 g/mol. The number of rotatable bonds is 8. The van der Waals surface area contributed by atoms with Gasteiger partial charge in [-0.05, 0) is 37.1 Å². The first-order chi connectivity index (χ1) is 13.0. The molecule has 0 radical (unpaired) electrons. The molecule has 0 aliphatic carbocycles. The SMILES string of the molecule is Cc1ccc2nc(COc3ccccc3C(=O)NCCCC(=O)O)cn2c1. The van der Waals surface area contributed by atoms with Crippen molar-refractivity contribution < 1.29 is 19.4 Å². The van der Waals surface area contributed by atoms with Crippen LogP contribution in [0.5, 0.6) is 5.75 Å². The summed E-state index contributed by atoms with van der Waals surface area (Å²) < 4.78 is 7.76. The van der Waals surface area contributed by atoms with Crippen LogP contribution in [-0.4, -0.2) is 32.9 Å². The van der Waals surface area contributed by atoms with Crippen molar-refractivity contribution in [1.82, 2.24) is 14.7 Å². The number of carbonyl (C=O) groups excluding carboxylic acids is 1. The van der Waals surface area contributed by atoms with Crippen molar-refractivity contribution in [2.24, 2.45) is 0 Å².